The lowest BCUT2D eigenvalue weighted by atomic mass is 9.75. The molecular formula is C18H29NO. The Morgan fingerprint density at radius 3 is 2.50 bits per heavy atom. The minimum Gasteiger partial charge on any atom is -0.497 e. The van der Waals surface area contributed by atoms with E-state index in [0.717, 1.165) is 18.1 Å². The molecule has 0 N–H and O–H groups in total. The second-order valence-electron chi connectivity index (χ2n) is 7.08. The minimum atomic E-state index is 0.471. The molecule has 0 unspecified atom stereocenters. The first-order valence-electron chi connectivity index (χ1n) is 7.84. The normalized spacial score (nSPS) is 18.2. The average Bonchev–Trinajstić information content (AvgIpc) is 2.45. The second kappa shape index (κ2) is 6.62. The van der Waals surface area contributed by atoms with Crippen molar-refractivity contribution < 1.29 is 4.74 Å². The first-order valence-corrected chi connectivity index (χ1v) is 7.84. The summed E-state index contributed by atoms with van der Waals surface area (Å²) < 4.78 is 5.28. The number of hydrogen-bond acceptors (Lipinski definition) is 2. The maximum atomic E-state index is 5.28. The van der Waals surface area contributed by atoms with Gasteiger partial charge >= 0.3 is 0 Å². The fraction of sp³-hybridized carbons (Fsp3) is 0.667. The van der Waals surface area contributed by atoms with Crippen LogP contribution < -0.4 is 4.74 Å². The molecule has 112 valence electrons. The summed E-state index contributed by atoms with van der Waals surface area (Å²) in [5.41, 5.74) is 1.85. The van der Waals surface area contributed by atoms with Gasteiger partial charge in [0.05, 0.1) is 7.11 Å². The molecule has 1 aliphatic heterocycles. The molecule has 1 heterocycles. The number of likely N-dealkylation sites (tertiary alicyclic amines) is 1. The van der Waals surface area contributed by atoms with Crippen LogP contribution in [0.1, 0.15) is 39.2 Å². The SMILES string of the molecule is COc1cccc(CCN2CCC(C(C)(C)C)CC2)c1. The Hall–Kier alpha value is -1.02. The van der Waals surface area contributed by atoms with Crippen LogP contribution in [0.15, 0.2) is 24.3 Å². The molecule has 0 spiro atoms. The third-order valence-corrected chi connectivity index (χ3v) is 4.66. The molecule has 0 amide bonds. The summed E-state index contributed by atoms with van der Waals surface area (Å²) in [6, 6.07) is 8.45. The van der Waals surface area contributed by atoms with Gasteiger partial charge in [-0.3, -0.25) is 0 Å². The van der Waals surface area contributed by atoms with E-state index in [1.54, 1.807) is 7.11 Å². The molecule has 2 heteroatoms. The molecule has 2 nitrogen and oxygen atoms in total. The van der Waals surface area contributed by atoms with Crippen LogP contribution in [0.4, 0.5) is 0 Å². The number of piperidine rings is 1. The predicted molar refractivity (Wildman–Crippen MR) is 85.3 cm³/mol. The summed E-state index contributed by atoms with van der Waals surface area (Å²) in [6.45, 7) is 10.8. The Labute approximate surface area is 124 Å². The van der Waals surface area contributed by atoms with Gasteiger partial charge in [-0.25, -0.2) is 0 Å². The Balaban J connectivity index is 1.78. The van der Waals surface area contributed by atoms with Crippen LogP contribution in [0.3, 0.4) is 0 Å². The van der Waals surface area contributed by atoms with Crippen LogP contribution in [-0.4, -0.2) is 31.6 Å². The van der Waals surface area contributed by atoms with Crippen LogP contribution in [0.25, 0.3) is 0 Å². The fourth-order valence-corrected chi connectivity index (χ4v) is 3.14. The number of benzene rings is 1. The summed E-state index contributed by atoms with van der Waals surface area (Å²) in [6.07, 6.45) is 3.82. The summed E-state index contributed by atoms with van der Waals surface area (Å²) in [7, 11) is 1.73. The molecule has 1 aromatic carbocycles. The van der Waals surface area contributed by atoms with Crippen LogP contribution >= 0.6 is 0 Å². The smallest absolute Gasteiger partial charge is 0.119 e. The molecular weight excluding hydrogens is 246 g/mol. The summed E-state index contributed by atoms with van der Waals surface area (Å²) in [5, 5.41) is 0. The maximum Gasteiger partial charge on any atom is 0.119 e. The molecule has 20 heavy (non-hydrogen) atoms. The van der Waals surface area contributed by atoms with Crippen LogP contribution in [0.2, 0.25) is 0 Å². The summed E-state index contributed by atoms with van der Waals surface area (Å²) >= 11 is 0. The van der Waals surface area contributed by atoms with Gasteiger partial charge < -0.3 is 9.64 Å². The zero-order valence-electron chi connectivity index (χ0n) is 13.5. The lowest BCUT2D eigenvalue weighted by Gasteiger charge is -2.38. The van der Waals surface area contributed by atoms with Gasteiger partial charge in [0, 0.05) is 6.54 Å². The quantitative estimate of drug-likeness (QED) is 0.823. The predicted octanol–water partition coefficient (Wildman–Crippen LogP) is 4.00. The van der Waals surface area contributed by atoms with E-state index in [2.05, 4.69) is 43.9 Å². The Bertz CT molecular complexity index is 414. The van der Waals surface area contributed by atoms with E-state index >= 15 is 0 Å². The highest BCUT2D eigenvalue weighted by molar-refractivity contribution is 5.28. The van der Waals surface area contributed by atoms with Crippen LogP contribution in [0.5, 0.6) is 5.75 Å². The first-order chi connectivity index (χ1) is 9.49. The number of nitrogens with zero attached hydrogens (tertiary/aromatic N) is 1. The van der Waals surface area contributed by atoms with Crippen molar-refractivity contribution in [1.82, 2.24) is 4.90 Å². The van der Waals surface area contributed by atoms with Crippen molar-refractivity contribution in [3.05, 3.63) is 29.8 Å². The highest BCUT2D eigenvalue weighted by Gasteiger charge is 2.28. The molecule has 0 atom stereocenters. The van der Waals surface area contributed by atoms with Gasteiger partial charge in [0.25, 0.3) is 0 Å². The van der Waals surface area contributed by atoms with Gasteiger partial charge in [-0.2, -0.15) is 0 Å². The van der Waals surface area contributed by atoms with Crippen LogP contribution in [-0.2, 0) is 6.42 Å². The van der Waals surface area contributed by atoms with Gasteiger partial charge in [0.2, 0.25) is 0 Å². The van der Waals surface area contributed by atoms with Crippen LogP contribution in [0, 0.1) is 11.3 Å². The molecule has 1 fully saturated rings. The zero-order valence-corrected chi connectivity index (χ0v) is 13.5. The van der Waals surface area contributed by atoms with E-state index in [1.165, 1.54) is 38.0 Å². The molecule has 0 bridgehead atoms. The van der Waals surface area contributed by atoms with E-state index in [-0.39, 0.29) is 0 Å². The molecule has 0 saturated carbocycles. The van der Waals surface area contributed by atoms with Crippen molar-refractivity contribution in [2.75, 3.05) is 26.7 Å². The van der Waals surface area contributed by atoms with Crippen molar-refractivity contribution in [3.8, 4) is 5.75 Å². The topological polar surface area (TPSA) is 12.5 Å². The third kappa shape index (κ3) is 4.24. The zero-order chi connectivity index (χ0) is 14.6. The fourth-order valence-electron chi connectivity index (χ4n) is 3.14. The number of hydrogen-bond donors (Lipinski definition) is 0. The van der Waals surface area contributed by atoms with Gasteiger partial charge in [-0.1, -0.05) is 32.9 Å². The number of ether oxygens (including phenoxy) is 1. The summed E-state index contributed by atoms with van der Waals surface area (Å²) in [4.78, 5) is 2.61. The molecule has 2 rings (SSSR count). The van der Waals surface area contributed by atoms with Crippen molar-refractivity contribution >= 4 is 0 Å². The Kier molecular flexibility index (Phi) is 5.09. The largest absolute Gasteiger partial charge is 0.497 e. The molecule has 1 aromatic rings. The second-order valence-corrected chi connectivity index (χ2v) is 7.08. The number of rotatable bonds is 4. The number of methoxy groups -OCH3 is 1. The average molecular weight is 275 g/mol. The minimum absolute atomic E-state index is 0.471. The third-order valence-electron chi connectivity index (χ3n) is 4.66. The van der Waals surface area contributed by atoms with Gasteiger partial charge in [-0.05, 0) is 61.4 Å². The van der Waals surface area contributed by atoms with Gasteiger partial charge in [-0.15, -0.1) is 0 Å². The van der Waals surface area contributed by atoms with Crippen molar-refractivity contribution in [2.45, 2.75) is 40.0 Å². The van der Waals surface area contributed by atoms with Crippen molar-refractivity contribution in [1.29, 1.82) is 0 Å². The van der Waals surface area contributed by atoms with Gasteiger partial charge in [0.1, 0.15) is 5.75 Å². The molecule has 0 aliphatic carbocycles. The van der Waals surface area contributed by atoms with E-state index in [1.807, 2.05) is 6.07 Å². The lowest BCUT2D eigenvalue weighted by Crippen LogP contribution is -2.38. The Morgan fingerprint density at radius 1 is 1.20 bits per heavy atom. The lowest BCUT2D eigenvalue weighted by molar-refractivity contribution is 0.113. The summed E-state index contributed by atoms with van der Waals surface area (Å²) in [5.74, 6) is 1.85. The standard InChI is InChI=1S/C18H29NO/c1-18(2,3)16-9-12-19(13-10-16)11-8-15-6-5-7-17(14-15)20-4/h5-7,14,16H,8-13H2,1-4H3. The van der Waals surface area contributed by atoms with Crippen molar-refractivity contribution in [3.63, 3.8) is 0 Å². The van der Waals surface area contributed by atoms with E-state index < -0.39 is 0 Å². The van der Waals surface area contributed by atoms with Gasteiger partial charge in [0.15, 0.2) is 0 Å². The monoisotopic (exact) mass is 275 g/mol. The molecule has 1 aliphatic rings. The molecule has 1 saturated heterocycles. The van der Waals surface area contributed by atoms with E-state index in [9.17, 15) is 0 Å². The first kappa shape index (κ1) is 15.4. The Morgan fingerprint density at radius 2 is 1.90 bits per heavy atom. The highest BCUT2D eigenvalue weighted by atomic mass is 16.5. The maximum absolute atomic E-state index is 5.28. The molecule has 0 radical (unpaired) electrons. The van der Waals surface area contributed by atoms with E-state index in [4.69, 9.17) is 4.74 Å². The van der Waals surface area contributed by atoms with Crippen molar-refractivity contribution in [2.24, 2.45) is 11.3 Å². The molecule has 0 aromatic heterocycles. The highest BCUT2D eigenvalue weighted by Crippen LogP contribution is 2.34. The van der Waals surface area contributed by atoms with E-state index in [0.29, 0.717) is 5.41 Å².